The molecule has 0 saturated carbocycles. The molecular formula is C17H36OS. The lowest BCUT2D eigenvalue weighted by molar-refractivity contribution is 0.0680. The second-order valence-electron chi connectivity index (χ2n) is 6.36. The van der Waals surface area contributed by atoms with Crippen LogP contribution in [0.4, 0.5) is 0 Å². The van der Waals surface area contributed by atoms with E-state index in [-0.39, 0.29) is 0 Å². The first-order valence-electron chi connectivity index (χ1n) is 8.36. The summed E-state index contributed by atoms with van der Waals surface area (Å²) in [5, 5.41) is 9.59. The van der Waals surface area contributed by atoms with E-state index in [0.717, 1.165) is 6.42 Å². The molecule has 1 nitrogen and oxygen atoms in total. The third kappa shape index (κ3) is 18.3. The Kier molecular flexibility index (Phi) is 13.5. The highest BCUT2D eigenvalue weighted by Crippen LogP contribution is 2.16. The molecule has 0 heterocycles. The van der Waals surface area contributed by atoms with Gasteiger partial charge in [0.2, 0.25) is 0 Å². The highest BCUT2D eigenvalue weighted by molar-refractivity contribution is 7.99. The van der Waals surface area contributed by atoms with Gasteiger partial charge in [0.15, 0.2) is 0 Å². The number of thioether (sulfide) groups is 1. The van der Waals surface area contributed by atoms with Crippen LogP contribution >= 0.6 is 11.8 Å². The van der Waals surface area contributed by atoms with Crippen molar-refractivity contribution >= 4 is 11.8 Å². The Balaban J connectivity index is 2.99. The van der Waals surface area contributed by atoms with Crippen molar-refractivity contribution in [3.05, 3.63) is 0 Å². The molecular weight excluding hydrogens is 252 g/mol. The van der Waals surface area contributed by atoms with E-state index in [0.29, 0.717) is 0 Å². The van der Waals surface area contributed by atoms with Gasteiger partial charge in [-0.05, 0) is 44.6 Å². The molecule has 0 aromatic carbocycles. The number of hydrogen-bond donors (Lipinski definition) is 1. The van der Waals surface area contributed by atoms with Crippen LogP contribution in [0.25, 0.3) is 0 Å². The Morgan fingerprint density at radius 2 is 1.21 bits per heavy atom. The van der Waals surface area contributed by atoms with Gasteiger partial charge in [-0.15, -0.1) is 0 Å². The first-order chi connectivity index (χ1) is 9.06. The van der Waals surface area contributed by atoms with Gasteiger partial charge in [0, 0.05) is 0 Å². The third-order valence-electron chi connectivity index (χ3n) is 3.47. The van der Waals surface area contributed by atoms with Crippen LogP contribution in [0.1, 0.15) is 91.4 Å². The molecule has 2 heteroatoms. The summed E-state index contributed by atoms with van der Waals surface area (Å²) < 4.78 is 0. The van der Waals surface area contributed by atoms with Crippen LogP contribution in [-0.2, 0) is 0 Å². The van der Waals surface area contributed by atoms with E-state index in [1.165, 1.54) is 75.7 Å². The molecule has 0 aliphatic carbocycles. The molecule has 0 bridgehead atoms. The van der Waals surface area contributed by atoms with E-state index in [2.05, 4.69) is 18.7 Å². The standard InChI is InChI=1S/C17H36OS/c1-4-5-15-19-16-13-11-9-7-6-8-10-12-14-17(2,3)18/h18H,4-16H2,1-3H3. The minimum Gasteiger partial charge on any atom is -0.390 e. The molecule has 0 unspecified atom stereocenters. The highest BCUT2D eigenvalue weighted by atomic mass is 32.2. The van der Waals surface area contributed by atoms with E-state index >= 15 is 0 Å². The maximum Gasteiger partial charge on any atom is 0.0591 e. The van der Waals surface area contributed by atoms with Crippen LogP contribution in [0.5, 0.6) is 0 Å². The van der Waals surface area contributed by atoms with Crippen molar-refractivity contribution in [1.82, 2.24) is 0 Å². The molecule has 0 spiro atoms. The van der Waals surface area contributed by atoms with Gasteiger partial charge in [-0.2, -0.15) is 11.8 Å². The molecule has 19 heavy (non-hydrogen) atoms. The zero-order valence-electron chi connectivity index (χ0n) is 13.5. The predicted molar refractivity (Wildman–Crippen MR) is 90.1 cm³/mol. The van der Waals surface area contributed by atoms with E-state index in [9.17, 15) is 5.11 Å². The molecule has 0 aliphatic heterocycles. The topological polar surface area (TPSA) is 20.2 Å². The maximum absolute atomic E-state index is 9.59. The van der Waals surface area contributed by atoms with Crippen molar-refractivity contribution in [3.63, 3.8) is 0 Å². The summed E-state index contributed by atoms with van der Waals surface area (Å²) in [6, 6.07) is 0. The van der Waals surface area contributed by atoms with E-state index in [4.69, 9.17) is 0 Å². The van der Waals surface area contributed by atoms with Gasteiger partial charge >= 0.3 is 0 Å². The van der Waals surface area contributed by atoms with Crippen LogP contribution in [0.15, 0.2) is 0 Å². The Morgan fingerprint density at radius 3 is 1.74 bits per heavy atom. The van der Waals surface area contributed by atoms with Gasteiger partial charge in [0.25, 0.3) is 0 Å². The normalized spacial score (nSPS) is 12.0. The average Bonchev–Trinajstić information content (AvgIpc) is 2.34. The smallest absolute Gasteiger partial charge is 0.0591 e. The molecule has 1 N–H and O–H groups in total. The van der Waals surface area contributed by atoms with Crippen molar-refractivity contribution in [3.8, 4) is 0 Å². The summed E-state index contributed by atoms with van der Waals surface area (Å²) in [5.41, 5.74) is -0.463. The minimum absolute atomic E-state index is 0.463. The molecule has 0 saturated heterocycles. The number of hydrogen-bond acceptors (Lipinski definition) is 2. The van der Waals surface area contributed by atoms with Gasteiger partial charge < -0.3 is 5.11 Å². The SMILES string of the molecule is CCCCSCCCCCCCCCCC(C)(C)O. The summed E-state index contributed by atoms with van der Waals surface area (Å²) >= 11 is 2.13. The summed E-state index contributed by atoms with van der Waals surface area (Å²) in [7, 11) is 0. The van der Waals surface area contributed by atoms with Gasteiger partial charge in [-0.1, -0.05) is 58.3 Å². The first-order valence-corrected chi connectivity index (χ1v) is 9.52. The monoisotopic (exact) mass is 288 g/mol. The Bertz CT molecular complexity index is 175. The lowest BCUT2D eigenvalue weighted by Gasteiger charge is -2.16. The Morgan fingerprint density at radius 1 is 0.737 bits per heavy atom. The fourth-order valence-corrected chi connectivity index (χ4v) is 3.28. The van der Waals surface area contributed by atoms with Crippen molar-refractivity contribution in [2.24, 2.45) is 0 Å². The lowest BCUT2D eigenvalue weighted by atomic mass is 9.99. The second kappa shape index (κ2) is 13.3. The van der Waals surface area contributed by atoms with Crippen LogP contribution in [0, 0.1) is 0 Å². The number of rotatable bonds is 14. The molecule has 0 aromatic rings. The first kappa shape index (κ1) is 19.3. The molecule has 0 atom stereocenters. The molecule has 0 amide bonds. The fraction of sp³-hybridized carbons (Fsp3) is 1.00. The largest absolute Gasteiger partial charge is 0.390 e. The quantitative estimate of drug-likeness (QED) is 0.407. The van der Waals surface area contributed by atoms with E-state index < -0.39 is 5.60 Å². The van der Waals surface area contributed by atoms with Crippen LogP contribution in [0.2, 0.25) is 0 Å². The Labute approximate surface area is 125 Å². The zero-order valence-corrected chi connectivity index (χ0v) is 14.4. The zero-order chi connectivity index (χ0) is 14.4. The van der Waals surface area contributed by atoms with Crippen molar-refractivity contribution in [2.75, 3.05) is 11.5 Å². The summed E-state index contributed by atoms with van der Waals surface area (Å²) in [6.07, 6.45) is 14.5. The summed E-state index contributed by atoms with van der Waals surface area (Å²) in [5.74, 6) is 2.73. The van der Waals surface area contributed by atoms with Crippen molar-refractivity contribution in [2.45, 2.75) is 97.0 Å². The fourth-order valence-electron chi connectivity index (χ4n) is 2.17. The summed E-state index contributed by atoms with van der Waals surface area (Å²) in [4.78, 5) is 0. The minimum atomic E-state index is -0.463. The average molecular weight is 289 g/mol. The van der Waals surface area contributed by atoms with Gasteiger partial charge in [-0.25, -0.2) is 0 Å². The highest BCUT2D eigenvalue weighted by Gasteiger charge is 2.10. The van der Waals surface area contributed by atoms with Crippen LogP contribution < -0.4 is 0 Å². The van der Waals surface area contributed by atoms with Crippen LogP contribution in [-0.4, -0.2) is 22.2 Å². The number of unbranched alkanes of at least 4 members (excludes halogenated alkanes) is 8. The van der Waals surface area contributed by atoms with E-state index in [1.807, 2.05) is 13.8 Å². The Hall–Kier alpha value is 0.310. The van der Waals surface area contributed by atoms with Gasteiger partial charge in [0.05, 0.1) is 5.60 Å². The molecule has 0 aliphatic rings. The molecule has 116 valence electrons. The molecule has 0 fully saturated rings. The lowest BCUT2D eigenvalue weighted by Crippen LogP contribution is -2.17. The maximum atomic E-state index is 9.59. The van der Waals surface area contributed by atoms with E-state index in [1.54, 1.807) is 0 Å². The molecule has 0 aromatic heterocycles. The number of aliphatic hydroxyl groups is 1. The molecule has 0 rings (SSSR count). The van der Waals surface area contributed by atoms with Gasteiger partial charge in [0.1, 0.15) is 0 Å². The van der Waals surface area contributed by atoms with Crippen molar-refractivity contribution in [1.29, 1.82) is 0 Å². The predicted octanol–water partition coefficient (Wildman–Crippen LogP) is 5.80. The second-order valence-corrected chi connectivity index (χ2v) is 7.58. The van der Waals surface area contributed by atoms with Gasteiger partial charge in [-0.3, -0.25) is 0 Å². The summed E-state index contributed by atoms with van der Waals surface area (Å²) in [6.45, 7) is 6.08. The van der Waals surface area contributed by atoms with Crippen molar-refractivity contribution < 1.29 is 5.11 Å². The molecule has 0 radical (unpaired) electrons. The third-order valence-corrected chi connectivity index (χ3v) is 4.62. The van der Waals surface area contributed by atoms with Crippen LogP contribution in [0.3, 0.4) is 0 Å².